The second-order valence-corrected chi connectivity index (χ2v) is 4.76. The lowest BCUT2D eigenvalue weighted by Crippen LogP contribution is -2.11. The Bertz CT molecular complexity index is 606. The highest BCUT2D eigenvalue weighted by atomic mass is 79.9. The van der Waals surface area contributed by atoms with Gasteiger partial charge in [-0.1, -0.05) is 6.07 Å². The van der Waals surface area contributed by atoms with Crippen LogP contribution in [-0.4, -0.2) is 5.91 Å². The summed E-state index contributed by atoms with van der Waals surface area (Å²) in [7, 11) is 0. The summed E-state index contributed by atoms with van der Waals surface area (Å²) in [6, 6.07) is 7.41. The van der Waals surface area contributed by atoms with E-state index in [9.17, 15) is 4.79 Å². The largest absolute Gasteiger partial charge is 0.457 e. The lowest BCUT2D eigenvalue weighted by atomic mass is 10.1. The number of halogens is 1. The molecule has 92 valence electrons. The maximum atomic E-state index is 12.0. The first-order valence-electron chi connectivity index (χ1n) is 5.48. The molecule has 1 aromatic heterocycles. The molecule has 1 N–H and O–H groups in total. The van der Waals surface area contributed by atoms with Gasteiger partial charge in [-0.25, -0.2) is 0 Å². The summed E-state index contributed by atoms with van der Waals surface area (Å²) in [5.74, 6) is -0.200. The highest BCUT2D eigenvalue weighted by molar-refractivity contribution is 9.10. The third kappa shape index (κ3) is 2.07. The molecule has 3 rings (SSSR count). The predicted octanol–water partition coefficient (Wildman–Crippen LogP) is 3.32. The smallest absolute Gasteiger partial charge is 0.260 e. The van der Waals surface area contributed by atoms with Crippen LogP contribution < -0.4 is 5.32 Å². The van der Waals surface area contributed by atoms with Gasteiger partial charge >= 0.3 is 0 Å². The monoisotopic (exact) mass is 307 g/mol. The van der Waals surface area contributed by atoms with Crippen LogP contribution in [0.3, 0.4) is 0 Å². The van der Waals surface area contributed by atoms with E-state index in [0.29, 0.717) is 23.4 Å². The number of furan rings is 1. The first-order chi connectivity index (χ1) is 8.74. The Kier molecular flexibility index (Phi) is 2.93. The first-order valence-corrected chi connectivity index (χ1v) is 6.27. The number of nitrogens with one attached hydrogen (secondary N) is 1. The van der Waals surface area contributed by atoms with E-state index in [2.05, 4.69) is 21.2 Å². The summed E-state index contributed by atoms with van der Waals surface area (Å²) >= 11 is 3.18. The molecule has 0 radical (unpaired) electrons. The van der Waals surface area contributed by atoms with Crippen LogP contribution in [0, 0.1) is 0 Å². The molecule has 1 aromatic carbocycles. The number of hydrogen-bond donors (Lipinski definition) is 1. The molecule has 0 saturated heterocycles. The molecule has 2 heterocycles. The minimum atomic E-state index is -0.200. The van der Waals surface area contributed by atoms with Crippen LogP contribution in [0.1, 0.15) is 21.5 Å². The maximum absolute atomic E-state index is 12.0. The molecule has 1 amide bonds. The molecular formula is C13H10BrNO3. The van der Waals surface area contributed by atoms with Gasteiger partial charge in [-0.2, -0.15) is 0 Å². The maximum Gasteiger partial charge on any atom is 0.260 e. The fourth-order valence-corrected chi connectivity index (χ4v) is 2.32. The summed E-state index contributed by atoms with van der Waals surface area (Å²) in [5, 5.41) is 2.83. The minimum Gasteiger partial charge on any atom is -0.457 e. The van der Waals surface area contributed by atoms with Gasteiger partial charge in [-0.15, -0.1) is 0 Å². The average Bonchev–Trinajstić information content (AvgIpc) is 2.96. The van der Waals surface area contributed by atoms with Crippen molar-refractivity contribution in [3.05, 3.63) is 51.9 Å². The summed E-state index contributed by atoms with van der Waals surface area (Å²) in [6.07, 6.45) is 1.47. The Morgan fingerprint density at radius 1 is 1.22 bits per heavy atom. The van der Waals surface area contributed by atoms with Gasteiger partial charge in [-0.05, 0) is 45.3 Å². The quantitative estimate of drug-likeness (QED) is 0.926. The highest BCUT2D eigenvalue weighted by Gasteiger charge is 2.15. The molecule has 0 fully saturated rings. The summed E-state index contributed by atoms with van der Waals surface area (Å²) < 4.78 is 10.8. The Hall–Kier alpha value is -1.59. The Balaban J connectivity index is 1.81. The van der Waals surface area contributed by atoms with Gasteiger partial charge < -0.3 is 14.5 Å². The van der Waals surface area contributed by atoms with Crippen LogP contribution in [0.25, 0.3) is 0 Å². The lowest BCUT2D eigenvalue weighted by molar-refractivity contribution is 0.102. The summed E-state index contributed by atoms with van der Waals surface area (Å²) in [5.41, 5.74) is 3.54. The van der Waals surface area contributed by atoms with Crippen molar-refractivity contribution in [1.82, 2.24) is 0 Å². The molecule has 0 spiro atoms. The van der Waals surface area contributed by atoms with Crippen molar-refractivity contribution in [2.24, 2.45) is 0 Å². The van der Waals surface area contributed by atoms with E-state index >= 15 is 0 Å². The molecule has 2 aromatic rings. The predicted molar refractivity (Wildman–Crippen MR) is 69.3 cm³/mol. The zero-order valence-corrected chi connectivity index (χ0v) is 11.0. The molecular weight excluding hydrogens is 298 g/mol. The van der Waals surface area contributed by atoms with Crippen LogP contribution >= 0.6 is 15.9 Å². The highest BCUT2D eigenvalue weighted by Crippen LogP contribution is 2.24. The standard InChI is InChI=1S/C13H10BrNO3/c14-12-11(3-4-18-12)13(16)15-10-2-1-8-6-17-7-9(8)5-10/h1-5H,6-7H2,(H,15,16). The molecule has 1 aliphatic rings. The average molecular weight is 308 g/mol. The van der Waals surface area contributed by atoms with E-state index < -0.39 is 0 Å². The van der Waals surface area contributed by atoms with Gasteiger partial charge in [0.05, 0.1) is 25.0 Å². The van der Waals surface area contributed by atoms with Crippen molar-refractivity contribution < 1.29 is 13.9 Å². The first kappa shape index (κ1) is 11.5. The van der Waals surface area contributed by atoms with Crippen molar-refractivity contribution in [3.63, 3.8) is 0 Å². The van der Waals surface area contributed by atoms with E-state index in [0.717, 1.165) is 11.3 Å². The van der Waals surface area contributed by atoms with E-state index in [1.165, 1.54) is 11.8 Å². The number of rotatable bonds is 2. The summed E-state index contributed by atoms with van der Waals surface area (Å²) in [4.78, 5) is 12.0. The van der Waals surface area contributed by atoms with Crippen LogP contribution in [-0.2, 0) is 18.0 Å². The molecule has 0 atom stereocenters. The van der Waals surface area contributed by atoms with Crippen molar-refractivity contribution in [1.29, 1.82) is 0 Å². The van der Waals surface area contributed by atoms with Crippen LogP contribution in [0.5, 0.6) is 0 Å². The van der Waals surface area contributed by atoms with Crippen LogP contribution in [0.4, 0.5) is 5.69 Å². The van der Waals surface area contributed by atoms with Crippen molar-refractivity contribution in [3.8, 4) is 0 Å². The molecule has 18 heavy (non-hydrogen) atoms. The Labute approximate surface area is 112 Å². The number of carbonyl (C=O) groups excluding carboxylic acids is 1. The molecule has 0 bridgehead atoms. The molecule has 5 heteroatoms. The number of ether oxygens (including phenoxy) is 1. The van der Waals surface area contributed by atoms with E-state index in [4.69, 9.17) is 9.15 Å². The Morgan fingerprint density at radius 3 is 2.83 bits per heavy atom. The molecule has 0 aliphatic carbocycles. The van der Waals surface area contributed by atoms with Gasteiger partial charge in [0.25, 0.3) is 5.91 Å². The molecule has 0 saturated carbocycles. The number of benzene rings is 1. The van der Waals surface area contributed by atoms with Crippen molar-refractivity contribution in [2.45, 2.75) is 13.2 Å². The Morgan fingerprint density at radius 2 is 2.06 bits per heavy atom. The number of amides is 1. The SMILES string of the molecule is O=C(Nc1ccc2c(c1)COC2)c1ccoc1Br. The van der Waals surface area contributed by atoms with Crippen LogP contribution in [0.15, 0.2) is 39.6 Å². The number of anilines is 1. The van der Waals surface area contributed by atoms with E-state index in [-0.39, 0.29) is 5.91 Å². The molecule has 0 unspecified atom stereocenters. The minimum absolute atomic E-state index is 0.200. The number of hydrogen-bond acceptors (Lipinski definition) is 3. The normalized spacial score (nSPS) is 13.4. The molecule has 4 nitrogen and oxygen atoms in total. The lowest BCUT2D eigenvalue weighted by Gasteiger charge is -2.05. The van der Waals surface area contributed by atoms with E-state index in [1.807, 2.05) is 18.2 Å². The van der Waals surface area contributed by atoms with Crippen LogP contribution in [0.2, 0.25) is 0 Å². The number of carbonyl (C=O) groups is 1. The van der Waals surface area contributed by atoms with E-state index in [1.54, 1.807) is 6.07 Å². The number of fused-ring (bicyclic) bond motifs is 1. The zero-order chi connectivity index (χ0) is 12.5. The second-order valence-electron chi connectivity index (χ2n) is 4.04. The topological polar surface area (TPSA) is 51.5 Å². The van der Waals surface area contributed by atoms with Gasteiger partial charge in [0, 0.05) is 5.69 Å². The van der Waals surface area contributed by atoms with Crippen molar-refractivity contribution >= 4 is 27.5 Å². The fourth-order valence-electron chi connectivity index (χ4n) is 1.90. The van der Waals surface area contributed by atoms with Crippen molar-refractivity contribution in [2.75, 3.05) is 5.32 Å². The zero-order valence-electron chi connectivity index (χ0n) is 9.40. The molecule has 1 aliphatic heterocycles. The third-order valence-corrected chi connectivity index (χ3v) is 3.46. The fraction of sp³-hybridized carbons (Fsp3) is 0.154. The van der Waals surface area contributed by atoms with Gasteiger partial charge in [0.1, 0.15) is 0 Å². The van der Waals surface area contributed by atoms with Gasteiger partial charge in [-0.3, -0.25) is 4.79 Å². The van der Waals surface area contributed by atoms with Gasteiger partial charge in [0.15, 0.2) is 4.67 Å². The second kappa shape index (κ2) is 4.59. The summed E-state index contributed by atoms with van der Waals surface area (Å²) in [6.45, 7) is 1.26. The van der Waals surface area contributed by atoms with Gasteiger partial charge in [0.2, 0.25) is 0 Å². The third-order valence-electron chi connectivity index (χ3n) is 2.84.